The van der Waals surface area contributed by atoms with E-state index < -0.39 is 17.1 Å². The number of carbonyl (C=O) groups excluding carboxylic acids is 1. The van der Waals surface area contributed by atoms with E-state index in [1.807, 2.05) is 12.1 Å². The molecule has 2 N–H and O–H groups in total. The Morgan fingerprint density at radius 1 is 1.15 bits per heavy atom. The number of nitrogens with two attached hydrogens (primary N) is 1. The lowest BCUT2D eigenvalue weighted by Crippen LogP contribution is -2.42. The maximum Gasteiger partial charge on any atom is 0.430 e. The molecule has 2 aliphatic heterocycles. The summed E-state index contributed by atoms with van der Waals surface area (Å²) in [5, 5.41) is 22.1. The lowest BCUT2D eigenvalue weighted by Gasteiger charge is -2.33. The lowest BCUT2D eigenvalue weighted by molar-refractivity contribution is -0.612. The van der Waals surface area contributed by atoms with Gasteiger partial charge in [-0.3, -0.25) is 10.1 Å². The third-order valence-electron chi connectivity index (χ3n) is 5.00. The van der Waals surface area contributed by atoms with Crippen molar-refractivity contribution in [2.24, 2.45) is 5.73 Å². The Morgan fingerprint density at radius 2 is 1.76 bits per heavy atom. The number of carbonyl (C=O) groups is 1. The molecular formula is C20H17ClF3N5O5. The number of benzene rings is 2. The van der Waals surface area contributed by atoms with Gasteiger partial charge >= 0.3 is 11.9 Å². The van der Waals surface area contributed by atoms with Crippen molar-refractivity contribution < 1.29 is 32.9 Å². The predicted molar refractivity (Wildman–Crippen MR) is 113 cm³/mol. The van der Waals surface area contributed by atoms with Crippen molar-refractivity contribution in [1.82, 2.24) is 9.91 Å². The molecule has 0 saturated heterocycles. The van der Waals surface area contributed by atoms with E-state index in [1.54, 1.807) is 23.2 Å². The van der Waals surface area contributed by atoms with Gasteiger partial charge in [-0.1, -0.05) is 28.7 Å². The minimum Gasteiger partial charge on any atom is -0.542 e. The zero-order valence-corrected chi connectivity index (χ0v) is 18.0. The van der Waals surface area contributed by atoms with Crippen molar-refractivity contribution >= 4 is 40.3 Å². The van der Waals surface area contributed by atoms with Gasteiger partial charge in [0.25, 0.3) is 5.69 Å². The fraction of sp³-hybridized carbons (Fsp3) is 0.250. The molecule has 0 aliphatic carbocycles. The van der Waals surface area contributed by atoms with Crippen molar-refractivity contribution in [3.05, 3.63) is 73.6 Å². The van der Waals surface area contributed by atoms with E-state index in [1.165, 1.54) is 12.1 Å². The summed E-state index contributed by atoms with van der Waals surface area (Å²) in [6.45, 7) is 2.20. The van der Waals surface area contributed by atoms with Crippen molar-refractivity contribution in [2.45, 2.75) is 6.18 Å². The third kappa shape index (κ3) is 4.94. The maximum atomic E-state index is 12.8. The van der Waals surface area contributed by atoms with Gasteiger partial charge in [-0.25, -0.2) is 0 Å². The molecule has 0 aromatic heterocycles. The number of carboxylic acid groups (broad SMARTS) is 1. The number of hydrogen-bond donors (Lipinski definition) is 1. The van der Waals surface area contributed by atoms with Crippen molar-refractivity contribution in [3.63, 3.8) is 0 Å². The summed E-state index contributed by atoms with van der Waals surface area (Å²) in [4.78, 5) is 35.1. The summed E-state index contributed by atoms with van der Waals surface area (Å²) in [5.41, 5.74) is 9.14. The van der Waals surface area contributed by atoms with Crippen LogP contribution in [0.5, 0.6) is 0 Å². The highest BCUT2D eigenvalue weighted by atomic mass is 35.5. The lowest BCUT2D eigenvalue weighted by atomic mass is 10.0. The number of carboxylic acids is 1. The summed E-state index contributed by atoms with van der Waals surface area (Å²) >= 11 is 6.03. The monoisotopic (exact) mass is 499 g/mol. The number of non-ortho nitro benzene ring substituents is 1. The second-order valence-corrected chi connectivity index (χ2v) is 7.56. The third-order valence-corrected chi connectivity index (χ3v) is 5.25. The molecule has 0 fully saturated rings. The molecule has 180 valence electrons. The van der Waals surface area contributed by atoms with Crippen molar-refractivity contribution in [3.8, 4) is 0 Å². The van der Waals surface area contributed by atoms with Gasteiger partial charge in [0.2, 0.25) is 0 Å². The van der Waals surface area contributed by atoms with Crippen LogP contribution in [-0.4, -0.2) is 58.0 Å². The Labute approximate surface area is 195 Å². The summed E-state index contributed by atoms with van der Waals surface area (Å²) in [7, 11) is 0. The number of nitro benzene ring substituents is 1. The number of halogens is 4. The molecule has 14 heteroatoms. The van der Waals surface area contributed by atoms with Crippen LogP contribution in [0.2, 0.25) is 5.02 Å². The van der Waals surface area contributed by atoms with Crippen LogP contribution in [0.1, 0.15) is 11.1 Å². The topological polar surface area (TPSA) is 136 Å². The van der Waals surface area contributed by atoms with E-state index in [-0.39, 0.29) is 11.4 Å². The Kier molecular flexibility index (Phi) is 7.07. The summed E-state index contributed by atoms with van der Waals surface area (Å²) < 4.78 is 31.5. The molecule has 10 nitrogen and oxygen atoms in total. The number of hydrazine groups is 1. The van der Waals surface area contributed by atoms with E-state index in [0.717, 1.165) is 21.8 Å². The zero-order valence-electron chi connectivity index (χ0n) is 17.3. The van der Waals surface area contributed by atoms with Gasteiger partial charge in [-0.15, -0.1) is 0 Å². The van der Waals surface area contributed by atoms with Crippen LogP contribution in [0, 0.1) is 15.0 Å². The molecule has 34 heavy (non-hydrogen) atoms. The van der Waals surface area contributed by atoms with E-state index in [4.69, 9.17) is 27.2 Å². The molecule has 0 radical (unpaired) electrons. The number of aliphatic carboxylic acids is 1. The number of nitroso groups, excluding NO2 is 1. The highest BCUT2D eigenvalue weighted by molar-refractivity contribution is 6.30. The Hall–Kier alpha value is -3.71. The van der Waals surface area contributed by atoms with E-state index in [2.05, 4.69) is 4.90 Å². The number of hydrogen-bond acceptors (Lipinski definition) is 7. The quantitative estimate of drug-likeness (QED) is 0.384. The minimum atomic E-state index is -5.19. The van der Waals surface area contributed by atoms with Crippen LogP contribution >= 0.6 is 11.6 Å². The first-order valence-electron chi connectivity index (χ1n) is 9.72. The van der Waals surface area contributed by atoms with Crippen LogP contribution in [0.15, 0.2) is 42.5 Å². The number of fused-ring (bicyclic) bond motifs is 3. The van der Waals surface area contributed by atoms with Crippen LogP contribution < -0.4 is 10.8 Å². The Bertz CT molecular complexity index is 1170. The Morgan fingerprint density at radius 3 is 2.29 bits per heavy atom. The molecule has 0 atom stereocenters. The van der Waals surface area contributed by atoms with Gasteiger partial charge in [-0.05, 0) is 18.2 Å². The first-order chi connectivity index (χ1) is 16.0. The number of nitrogens with zero attached hydrogens (tertiary/aromatic N) is 4. The fourth-order valence-electron chi connectivity index (χ4n) is 3.59. The molecular weight excluding hydrogens is 483 g/mol. The SMILES string of the molecule is NCCN1CCN2C(=C1c1ccc(Cl)cc1)c1ccc([N+](=O)[O-])cc1[N+]2=O.O=C([O-])C(F)(F)F. The summed E-state index contributed by atoms with van der Waals surface area (Å²) in [6.07, 6.45) is -5.19. The molecule has 0 spiro atoms. The number of alkyl halides is 3. The highest BCUT2D eigenvalue weighted by Crippen LogP contribution is 2.45. The molecule has 2 heterocycles. The van der Waals surface area contributed by atoms with Crippen LogP contribution in [0.4, 0.5) is 24.5 Å². The van der Waals surface area contributed by atoms with E-state index in [0.29, 0.717) is 36.8 Å². The van der Waals surface area contributed by atoms with Crippen LogP contribution in [0.3, 0.4) is 0 Å². The molecule has 0 bridgehead atoms. The molecule has 0 unspecified atom stereocenters. The van der Waals surface area contributed by atoms with Gasteiger partial charge in [0.1, 0.15) is 18.2 Å². The van der Waals surface area contributed by atoms with Crippen LogP contribution in [-0.2, 0) is 4.79 Å². The second-order valence-electron chi connectivity index (χ2n) is 7.12. The van der Waals surface area contributed by atoms with Gasteiger partial charge in [0, 0.05) is 36.3 Å². The molecule has 2 aliphatic rings. The smallest absolute Gasteiger partial charge is 0.430 e. The fourth-order valence-corrected chi connectivity index (χ4v) is 3.71. The normalized spacial score (nSPS) is 14.9. The molecule has 0 amide bonds. The van der Waals surface area contributed by atoms with Crippen LogP contribution in [0.25, 0.3) is 11.4 Å². The first kappa shape index (κ1) is 24.9. The molecule has 0 saturated carbocycles. The average Bonchev–Trinajstić information content (AvgIpc) is 3.06. The molecule has 4 rings (SSSR count). The largest absolute Gasteiger partial charge is 0.542 e. The van der Waals surface area contributed by atoms with Crippen molar-refractivity contribution in [2.75, 3.05) is 26.2 Å². The zero-order chi connectivity index (χ0) is 25.2. The molecule has 2 aromatic rings. The Balaban J connectivity index is 0.000000406. The highest BCUT2D eigenvalue weighted by Gasteiger charge is 2.47. The number of rotatable bonds is 4. The van der Waals surface area contributed by atoms with Gasteiger partial charge in [0.05, 0.1) is 27.2 Å². The molecule has 2 aromatic carbocycles. The second kappa shape index (κ2) is 9.65. The minimum absolute atomic E-state index is 0.109. The van der Waals surface area contributed by atoms with Gasteiger partial charge in [0.15, 0.2) is 4.87 Å². The maximum absolute atomic E-state index is 12.8. The van der Waals surface area contributed by atoms with Gasteiger partial charge in [-0.2, -0.15) is 13.2 Å². The summed E-state index contributed by atoms with van der Waals surface area (Å²) in [5.74, 6) is -3.01. The van der Waals surface area contributed by atoms with E-state index >= 15 is 0 Å². The van der Waals surface area contributed by atoms with Gasteiger partial charge < -0.3 is 20.5 Å². The van der Waals surface area contributed by atoms with Crippen molar-refractivity contribution in [1.29, 1.82) is 0 Å². The summed E-state index contributed by atoms with van der Waals surface area (Å²) in [6, 6.07) is 11.8. The first-order valence-corrected chi connectivity index (χ1v) is 10.1. The average molecular weight is 500 g/mol. The standard InChI is InChI=1S/C18H17ClN5O3.C2HF3O2/c19-13-3-1-12(2-4-13)17-18-15-6-5-14(24(26)27)11-16(15)23(25)22(18)10-9-21(17)8-7-20;3-2(4,5)1(6)7/h1-6,11H,7-10,20H2;(H,6,7)/q+1;/p-1. The number of nitro groups is 1. The van der Waals surface area contributed by atoms with E-state index in [9.17, 15) is 28.2 Å². The predicted octanol–water partition coefficient (Wildman–Crippen LogP) is 2.29.